The summed E-state index contributed by atoms with van der Waals surface area (Å²) in [6.07, 6.45) is 6.92. The second kappa shape index (κ2) is 4.80. The monoisotopic (exact) mass is 306 g/mol. The standard InChI is InChI=1S/C19H30O3/c1-18-5-4-14-13(15(18)8-12(21)10-18)9-17(22)16-7-11(20)3-6-19(14,16)2/h12-17,21-22H,3-10H2,1-2H3/t12-,13+,14-,15-,16-,17+,18-,19-/m1/s1. The van der Waals surface area contributed by atoms with E-state index in [4.69, 9.17) is 0 Å². The van der Waals surface area contributed by atoms with E-state index in [0.717, 1.165) is 25.7 Å². The molecule has 3 nitrogen and oxygen atoms in total. The third kappa shape index (κ3) is 1.97. The van der Waals surface area contributed by atoms with E-state index in [1.165, 1.54) is 12.8 Å². The van der Waals surface area contributed by atoms with Crippen LogP contribution in [0.25, 0.3) is 0 Å². The number of carbonyl (C=O) groups excluding carboxylic acids is 1. The predicted molar refractivity (Wildman–Crippen MR) is 84.1 cm³/mol. The van der Waals surface area contributed by atoms with E-state index in [0.29, 0.717) is 36.4 Å². The molecular formula is C19H30O3. The molecule has 0 aromatic rings. The number of aliphatic hydroxyl groups is 2. The van der Waals surface area contributed by atoms with E-state index < -0.39 is 0 Å². The largest absolute Gasteiger partial charge is 0.393 e. The van der Waals surface area contributed by atoms with Crippen LogP contribution in [0.2, 0.25) is 0 Å². The average molecular weight is 306 g/mol. The molecule has 4 aliphatic carbocycles. The molecule has 4 saturated carbocycles. The molecule has 0 aromatic carbocycles. The highest BCUT2D eigenvalue weighted by Crippen LogP contribution is 2.65. The summed E-state index contributed by atoms with van der Waals surface area (Å²) in [5, 5.41) is 21.0. The van der Waals surface area contributed by atoms with Crippen molar-refractivity contribution in [3.8, 4) is 0 Å². The lowest BCUT2D eigenvalue weighted by molar-refractivity contribution is -0.162. The highest BCUT2D eigenvalue weighted by Gasteiger charge is 2.61. The summed E-state index contributed by atoms with van der Waals surface area (Å²) < 4.78 is 0. The minimum atomic E-state index is -0.324. The lowest BCUT2D eigenvalue weighted by Crippen LogP contribution is -2.57. The molecule has 124 valence electrons. The number of aliphatic hydroxyl groups excluding tert-OH is 2. The van der Waals surface area contributed by atoms with Gasteiger partial charge in [-0.25, -0.2) is 0 Å². The van der Waals surface area contributed by atoms with Gasteiger partial charge in [0.25, 0.3) is 0 Å². The SMILES string of the molecule is C[C@]12CC[C@@H]3[C@H](C[C@H](O)[C@H]4CC(=O)CC[C@]34C)[C@H]1C[C@@H](O)C2. The lowest BCUT2D eigenvalue weighted by Gasteiger charge is -2.60. The van der Waals surface area contributed by atoms with Crippen LogP contribution in [0.5, 0.6) is 0 Å². The molecule has 0 aromatic heterocycles. The van der Waals surface area contributed by atoms with Crippen molar-refractivity contribution >= 4 is 5.78 Å². The lowest BCUT2D eigenvalue weighted by atomic mass is 9.45. The minimum Gasteiger partial charge on any atom is -0.393 e. The van der Waals surface area contributed by atoms with Gasteiger partial charge in [-0.2, -0.15) is 0 Å². The minimum absolute atomic E-state index is 0.130. The number of fused-ring (bicyclic) bond motifs is 5. The van der Waals surface area contributed by atoms with Gasteiger partial charge in [0, 0.05) is 12.8 Å². The van der Waals surface area contributed by atoms with Crippen molar-refractivity contribution in [3.63, 3.8) is 0 Å². The van der Waals surface area contributed by atoms with E-state index >= 15 is 0 Å². The molecule has 0 spiro atoms. The van der Waals surface area contributed by atoms with Crippen molar-refractivity contribution in [2.45, 2.75) is 77.4 Å². The first kappa shape index (κ1) is 15.1. The Bertz CT molecular complexity index is 489. The summed E-state index contributed by atoms with van der Waals surface area (Å²) in [5.41, 5.74) is 0.402. The Hall–Kier alpha value is -0.410. The van der Waals surface area contributed by atoms with E-state index in [2.05, 4.69) is 13.8 Å². The van der Waals surface area contributed by atoms with E-state index in [1.807, 2.05) is 0 Å². The number of hydrogen-bond donors (Lipinski definition) is 2. The molecule has 4 fully saturated rings. The smallest absolute Gasteiger partial charge is 0.133 e. The quantitative estimate of drug-likeness (QED) is 0.723. The van der Waals surface area contributed by atoms with E-state index in [1.54, 1.807) is 0 Å². The van der Waals surface area contributed by atoms with Crippen LogP contribution in [0.1, 0.15) is 65.2 Å². The third-order valence-corrected chi connectivity index (χ3v) is 8.25. The molecule has 0 amide bonds. The summed E-state index contributed by atoms with van der Waals surface area (Å²) >= 11 is 0. The van der Waals surface area contributed by atoms with Gasteiger partial charge in [0.15, 0.2) is 0 Å². The molecule has 3 heteroatoms. The fraction of sp³-hybridized carbons (Fsp3) is 0.947. The topological polar surface area (TPSA) is 57.5 Å². The summed E-state index contributed by atoms with van der Waals surface area (Å²) in [7, 11) is 0. The second-order valence-corrected chi connectivity index (χ2v) is 9.32. The van der Waals surface area contributed by atoms with Crippen LogP contribution < -0.4 is 0 Å². The van der Waals surface area contributed by atoms with Gasteiger partial charge in [-0.15, -0.1) is 0 Å². The maximum Gasteiger partial charge on any atom is 0.133 e. The van der Waals surface area contributed by atoms with Crippen molar-refractivity contribution in [2.75, 3.05) is 0 Å². The summed E-state index contributed by atoms with van der Waals surface area (Å²) in [6.45, 7) is 4.70. The first-order valence-corrected chi connectivity index (χ1v) is 9.21. The van der Waals surface area contributed by atoms with Crippen LogP contribution in [-0.2, 0) is 4.79 Å². The fourth-order valence-electron chi connectivity index (χ4n) is 7.11. The molecule has 0 bridgehead atoms. The zero-order valence-electron chi connectivity index (χ0n) is 13.9. The molecule has 0 unspecified atom stereocenters. The van der Waals surface area contributed by atoms with Crippen LogP contribution >= 0.6 is 0 Å². The highest BCUT2D eigenvalue weighted by atomic mass is 16.3. The average Bonchev–Trinajstić information content (AvgIpc) is 2.76. The molecule has 22 heavy (non-hydrogen) atoms. The molecule has 2 N–H and O–H groups in total. The Morgan fingerprint density at radius 3 is 2.59 bits per heavy atom. The van der Waals surface area contributed by atoms with Gasteiger partial charge in [-0.05, 0) is 73.0 Å². The van der Waals surface area contributed by atoms with Crippen molar-refractivity contribution in [2.24, 2.45) is 34.5 Å². The van der Waals surface area contributed by atoms with Crippen LogP contribution in [0, 0.1) is 34.5 Å². The van der Waals surface area contributed by atoms with Crippen LogP contribution in [-0.4, -0.2) is 28.2 Å². The van der Waals surface area contributed by atoms with Gasteiger partial charge >= 0.3 is 0 Å². The third-order valence-electron chi connectivity index (χ3n) is 8.25. The zero-order valence-corrected chi connectivity index (χ0v) is 13.9. The Labute approximate surface area is 133 Å². The summed E-state index contributed by atoms with van der Waals surface area (Å²) in [4.78, 5) is 11.9. The van der Waals surface area contributed by atoms with Gasteiger partial charge in [0.2, 0.25) is 0 Å². The van der Waals surface area contributed by atoms with Gasteiger partial charge in [-0.3, -0.25) is 4.79 Å². The van der Waals surface area contributed by atoms with Crippen LogP contribution in [0.3, 0.4) is 0 Å². The predicted octanol–water partition coefficient (Wildman–Crippen LogP) is 2.93. The second-order valence-electron chi connectivity index (χ2n) is 9.32. The summed E-state index contributed by atoms with van der Waals surface area (Å²) in [6, 6.07) is 0. The molecule has 4 rings (SSSR count). The van der Waals surface area contributed by atoms with Crippen molar-refractivity contribution in [3.05, 3.63) is 0 Å². The first-order valence-electron chi connectivity index (χ1n) is 9.21. The maximum absolute atomic E-state index is 11.9. The fourth-order valence-corrected chi connectivity index (χ4v) is 7.11. The van der Waals surface area contributed by atoms with Crippen molar-refractivity contribution in [1.29, 1.82) is 0 Å². The molecule has 0 radical (unpaired) electrons. The Morgan fingerprint density at radius 1 is 1.05 bits per heavy atom. The number of ketones is 1. The van der Waals surface area contributed by atoms with Crippen LogP contribution in [0.4, 0.5) is 0 Å². The molecule has 8 atom stereocenters. The van der Waals surface area contributed by atoms with Crippen LogP contribution in [0.15, 0.2) is 0 Å². The van der Waals surface area contributed by atoms with Crippen molar-refractivity contribution < 1.29 is 15.0 Å². The Balaban J connectivity index is 1.67. The Kier molecular flexibility index (Phi) is 3.30. The molecule has 4 aliphatic rings. The number of carbonyl (C=O) groups is 1. The molecular weight excluding hydrogens is 276 g/mol. The van der Waals surface area contributed by atoms with E-state index in [-0.39, 0.29) is 29.0 Å². The normalized spacial score (nSPS) is 57.9. The van der Waals surface area contributed by atoms with E-state index in [9.17, 15) is 15.0 Å². The van der Waals surface area contributed by atoms with Crippen molar-refractivity contribution in [1.82, 2.24) is 0 Å². The number of rotatable bonds is 0. The number of Topliss-reactive ketones (excluding diaryl/α,β-unsaturated/α-hetero) is 1. The Morgan fingerprint density at radius 2 is 1.82 bits per heavy atom. The van der Waals surface area contributed by atoms with Gasteiger partial charge in [0.1, 0.15) is 5.78 Å². The maximum atomic E-state index is 11.9. The zero-order chi connectivity index (χ0) is 15.7. The highest BCUT2D eigenvalue weighted by molar-refractivity contribution is 5.79. The first-order chi connectivity index (χ1) is 10.3. The van der Waals surface area contributed by atoms with Gasteiger partial charge < -0.3 is 10.2 Å². The van der Waals surface area contributed by atoms with Gasteiger partial charge in [0.05, 0.1) is 12.2 Å². The molecule has 0 saturated heterocycles. The molecule has 0 aliphatic heterocycles. The number of hydrogen-bond acceptors (Lipinski definition) is 3. The molecule has 0 heterocycles. The van der Waals surface area contributed by atoms with Gasteiger partial charge in [-0.1, -0.05) is 13.8 Å². The summed E-state index contributed by atoms with van der Waals surface area (Å²) in [5.74, 6) is 2.26.